The lowest BCUT2D eigenvalue weighted by Crippen LogP contribution is -2.38. The zero-order valence-corrected chi connectivity index (χ0v) is 32.4. The summed E-state index contributed by atoms with van der Waals surface area (Å²) in [6.45, 7) is 0. The molecule has 0 saturated heterocycles. The van der Waals surface area contributed by atoms with E-state index in [0.717, 1.165) is 35.6 Å². The topological polar surface area (TPSA) is 41.7 Å². The second kappa shape index (κ2) is 13.0. The van der Waals surface area contributed by atoms with Gasteiger partial charge in [0, 0.05) is 56.7 Å². The first-order valence-electron chi connectivity index (χ1n) is 19.5. The summed E-state index contributed by atoms with van der Waals surface area (Å²) in [7, 11) is 0. The number of nitrogens with zero attached hydrogens (tertiary/aromatic N) is 3. The fourth-order valence-electron chi connectivity index (χ4n) is 8.90. The molecule has 1 unspecified atom stereocenters. The number of benzene rings is 7. The molecule has 1 aliphatic heterocycles. The van der Waals surface area contributed by atoms with Crippen molar-refractivity contribution in [1.82, 2.24) is 9.88 Å². The van der Waals surface area contributed by atoms with Crippen LogP contribution in [0.2, 0.25) is 0 Å². The fraction of sp³-hybridized carbons (Fsp3) is 0.0588. The number of aliphatic imine (C=N–C) groups is 2. The van der Waals surface area contributed by atoms with Crippen LogP contribution in [0.1, 0.15) is 30.1 Å². The molecule has 4 nitrogen and oxygen atoms in total. The summed E-state index contributed by atoms with van der Waals surface area (Å²) in [4.78, 5) is 10.3. The van der Waals surface area contributed by atoms with E-state index in [1.165, 1.54) is 84.2 Å². The SMILES string of the molecule is C1=c2c(sc3cc(-c4ccc5sc6cccc(-n7c8ccccc8c8ccccc87)c6c5c4)ccc23)=C(C2=NC(c3ccccc3)=NC(c3ccccc3)N2)CC1. The number of fused-ring (bicyclic) bond motifs is 9. The van der Waals surface area contributed by atoms with Gasteiger partial charge in [0.2, 0.25) is 0 Å². The minimum Gasteiger partial charge on any atom is -0.344 e. The molecule has 12 rings (SSSR count). The Balaban J connectivity index is 0.996. The molecule has 0 saturated carbocycles. The summed E-state index contributed by atoms with van der Waals surface area (Å²) in [6, 6.07) is 59.2. The molecule has 3 aromatic heterocycles. The first-order chi connectivity index (χ1) is 28.2. The molecule has 1 atom stereocenters. The van der Waals surface area contributed by atoms with E-state index in [-0.39, 0.29) is 6.17 Å². The fourth-order valence-corrected chi connectivity index (χ4v) is 11.3. The molecule has 7 aromatic carbocycles. The van der Waals surface area contributed by atoms with Gasteiger partial charge >= 0.3 is 0 Å². The molecule has 0 bridgehead atoms. The van der Waals surface area contributed by atoms with E-state index in [4.69, 9.17) is 9.98 Å². The van der Waals surface area contributed by atoms with Crippen LogP contribution in [0.15, 0.2) is 174 Å². The number of hydrogen-bond donors (Lipinski definition) is 1. The molecule has 1 N–H and O–H groups in total. The van der Waals surface area contributed by atoms with Gasteiger partial charge in [-0.25, -0.2) is 9.98 Å². The van der Waals surface area contributed by atoms with E-state index < -0.39 is 0 Å². The number of nitrogens with one attached hydrogen (secondary N) is 1. The van der Waals surface area contributed by atoms with Gasteiger partial charge in [0.15, 0.2) is 5.84 Å². The third-order valence-electron chi connectivity index (χ3n) is 11.5. The standard InChI is InChI=1S/C51H34N4S2/c1-3-13-31(14-4-1)49-52-50(32-15-5-2-6-16-32)54-51(53-49)39-20-11-19-38-37-27-25-34(30-46(37)57-48(38)39)33-26-28-44-40(29-33)47-43(23-12-24-45(47)56-44)55-41-21-9-7-17-35(41)36-18-8-10-22-42(36)55/h1-10,12-19,21-30,49H,11,20H2,(H,52,53,54). The highest BCUT2D eigenvalue weighted by Gasteiger charge is 2.24. The van der Waals surface area contributed by atoms with Crippen molar-refractivity contribution in [3.8, 4) is 16.8 Å². The monoisotopic (exact) mass is 766 g/mol. The zero-order chi connectivity index (χ0) is 37.5. The van der Waals surface area contributed by atoms with Gasteiger partial charge in [-0.05, 0) is 77.2 Å². The van der Waals surface area contributed by atoms with Crippen molar-refractivity contribution < 1.29 is 0 Å². The summed E-state index contributed by atoms with van der Waals surface area (Å²) < 4.78 is 7.66. The molecule has 10 aromatic rings. The number of para-hydroxylation sites is 2. The van der Waals surface area contributed by atoms with E-state index in [1.807, 2.05) is 28.7 Å². The van der Waals surface area contributed by atoms with E-state index in [9.17, 15) is 0 Å². The van der Waals surface area contributed by atoms with Crippen molar-refractivity contribution in [2.45, 2.75) is 19.0 Å². The van der Waals surface area contributed by atoms with Crippen molar-refractivity contribution in [1.29, 1.82) is 0 Å². The molecule has 270 valence electrons. The summed E-state index contributed by atoms with van der Waals surface area (Å²) in [6.07, 6.45) is 4.11. The molecule has 0 fully saturated rings. The minimum atomic E-state index is -0.213. The Labute approximate surface area is 336 Å². The molecule has 1 aliphatic carbocycles. The van der Waals surface area contributed by atoms with Crippen molar-refractivity contribution in [3.05, 3.63) is 185 Å². The number of amidine groups is 2. The quantitative estimate of drug-likeness (QED) is 0.186. The maximum atomic E-state index is 5.20. The third kappa shape index (κ3) is 5.25. The van der Waals surface area contributed by atoms with E-state index in [2.05, 4.69) is 174 Å². The molecule has 57 heavy (non-hydrogen) atoms. The van der Waals surface area contributed by atoms with Crippen molar-refractivity contribution in [2.24, 2.45) is 9.98 Å². The van der Waals surface area contributed by atoms with E-state index >= 15 is 0 Å². The van der Waals surface area contributed by atoms with Crippen LogP contribution in [0.4, 0.5) is 0 Å². The predicted octanol–water partition coefficient (Wildman–Crippen LogP) is 11.9. The molecule has 4 heterocycles. The van der Waals surface area contributed by atoms with Gasteiger partial charge in [0.1, 0.15) is 12.0 Å². The molecular formula is C51H34N4S2. The van der Waals surface area contributed by atoms with Crippen LogP contribution in [0, 0.1) is 0 Å². The molecule has 2 aliphatic rings. The second-order valence-electron chi connectivity index (χ2n) is 14.8. The lowest BCUT2D eigenvalue weighted by molar-refractivity contribution is 0.675. The van der Waals surface area contributed by atoms with Gasteiger partial charge in [-0.2, -0.15) is 0 Å². The normalized spacial score (nSPS) is 15.5. The van der Waals surface area contributed by atoms with Gasteiger partial charge in [0.05, 0.1) is 16.7 Å². The van der Waals surface area contributed by atoms with Crippen LogP contribution in [0.3, 0.4) is 0 Å². The molecule has 0 radical (unpaired) electrons. The lowest BCUT2D eigenvalue weighted by Gasteiger charge is -2.25. The zero-order valence-electron chi connectivity index (χ0n) is 30.8. The summed E-state index contributed by atoms with van der Waals surface area (Å²) in [5.41, 5.74) is 9.57. The Morgan fingerprint density at radius 1 is 0.561 bits per heavy atom. The van der Waals surface area contributed by atoms with Crippen LogP contribution >= 0.6 is 22.7 Å². The predicted molar refractivity (Wildman–Crippen MR) is 244 cm³/mol. The van der Waals surface area contributed by atoms with Crippen molar-refractivity contribution >= 4 is 98.1 Å². The lowest BCUT2D eigenvalue weighted by atomic mass is 9.99. The number of hydrogen-bond acceptors (Lipinski definition) is 5. The van der Waals surface area contributed by atoms with Crippen molar-refractivity contribution in [3.63, 3.8) is 0 Å². The summed E-state index contributed by atoms with van der Waals surface area (Å²) in [5.74, 6) is 1.69. The third-order valence-corrected chi connectivity index (χ3v) is 13.9. The molecule has 0 amide bonds. The van der Waals surface area contributed by atoms with E-state index in [0.29, 0.717) is 0 Å². The maximum absolute atomic E-state index is 5.20. The van der Waals surface area contributed by atoms with Gasteiger partial charge in [-0.1, -0.05) is 127 Å². The average molecular weight is 767 g/mol. The van der Waals surface area contributed by atoms with Crippen LogP contribution in [0.5, 0.6) is 0 Å². The smallest absolute Gasteiger partial charge is 0.159 e. The Morgan fingerprint density at radius 3 is 2.09 bits per heavy atom. The number of aromatic nitrogens is 1. The maximum Gasteiger partial charge on any atom is 0.159 e. The van der Waals surface area contributed by atoms with Crippen LogP contribution < -0.4 is 15.1 Å². The largest absolute Gasteiger partial charge is 0.344 e. The molecular weight excluding hydrogens is 733 g/mol. The Kier molecular flexibility index (Phi) is 7.43. The van der Waals surface area contributed by atoms with Gasteiger partial charge in [-0.3, -0.25) is 0 Å². The Hall–Kier alpha value is -6.60. The number of thiophene rings is 2. The van der Waals surface area contributed by atoms with Gasteiger partial charge in [-0.15, -0.1) is 22.7 Å². The first kappa shape index (κ1) is 32.6. The molecule has 0 spiro atoms. The van der Waals surface area contributed by atoms with Gasteiger partial charge < -0.3 is 9.88 Å². The van der Waals surface area contributed by atoms with Gasteiger partial charge in [0.25, 0.3) is 0 Å². The first-order valence-corrected chi connectivity index (χ1v) is 21.1. The van der Waals surface area contributed by atoms with E-state index in [1.54, 1.807) is 0 Å². The van der Waals surface area contributed by atoms with Crippen molar-refractivity contribution in [2.75, 3.05) is 0 Å². The highest BCUT2D eigenvalue weighted by Crippen LogP contribution is 2.42. The van der Waals surface area contributed by atoms with Crippen LogP contribution in [-0.2, 0) is 0 Å². The minimum absolute atomic E-state index is 0.213. The second-order valence-corrected chi connectivity index (χ2v) is 17.0. The Bertz CT molecular complexity index is 3390. The summed E-state index contributed by atoms with van der Waals surface area (Å²) in [5, 5.41) is 11.5. The molecule has 6 heteroatoms. The highest BCUT2D eigenvalue weighted by molar-refractivity contribution is 7.26. The van der Waals surface area contributed by atoms with Crippen LogP contribution in [-0.4, -0.2) is 16.2 Å². The average Bonchev–Trinajstić information content (AvgIpc) is 3.96. The Morgan fingerprint density at radius 2 is 1.28 bits per heavy atom. The number of rotatable bonds is 5. The highest BCUT2D eigenvalue weighted by atomic mass is 32.1. The summed E-state index contributed by atoms with van der Waals surface area (Å²) >= 11 is 3.76. The van der Waals surface area contributed by atoms with Crippen LogP contribution in [0.25, 0.3) is 80.5 Å².